The Morgan fingerprint density at radius 2 is 1.85 bits per heavy atom. The zero-order valence-electron chi connectivity index (χ0n) is 19.3. The molecule has 7 heteroatoms. The van der Waals surface area contributed by atoms with Crippen LogP contribution in [0.1, 0.15) is 59.3 Å². The van der Waals surface area contributed by atoms with Gasteiger partial charge in [-0.25, -0.2) is 0 Å². The number of carboxylic acid groups (broad SMARTS) is 2. The van der Waals surface area contributed by atoms with Crippen LogP contribution >= 0.6 is 0 Å². The molecule has 33 heavy (non-hydrogen) atoms. The second kappa shape index (κ2) is 6.89. The molecule has 1 spiro atoms. The standard InChI is InChI=1S/C26H32O7/c1-14-10-18-17-5-4-16-11-15(12-22(30)31)8-9-23(16,2)26(17)20(33-26)13-24(18,3)25(14,32)19(27)6-7-21(28)29/h4,8-9,11,14,17-18,20,32H,5-7,10,12-13H2,1-3H3,(H,28,29)(H,30,31)/t14-,17+,18+,20+,23+,24+,25+,26-/m1/s1. The van der Waals surface area contributed by atoms with Gasteiger partial charge in [-0.05, 0) is 55.1 Å². The SMILES string of the molecule is C[C@@H]1C[C@H]2[C@@H]3CC=C4C=C(CC(=O)O)C=C[C@]4(C)[C@@]34O[C@H]4C[C@]2(C)[C@@]1(O)C(=O)CCC(=O)O. The number of aliphatic hydroxyl groups is 1. The third kappa shape index (κ3) is 2.72. The lowest BCUT2D eigenvalue weighted by Crippen LogP contribution is -2.61. The Labute approximate surface area is 193 Å². The highest BCUT2D eigenvalue weighted by molar-refractivity contribution is 5.91. The molecule has 3 N–H and O–H groups in total. The van der Waals surface area contributed by atoms with Crippen LogP contribution < -0.4 is 0 Å². The van der Waals surface area contributed by atoms with Gasteiger partial charge in [0.05, 0.1) is 18.9 Å². The highest BCUT2D eigenvalue weighted by Crippen LogP contribution is 2.76. The number of ether oxygens (including phenoxy) is 1. The predicted molar refractivity (Wildman–Crippen MR) is 118 cm³/mol. The fraction of sp³-hybridized carbons (Fsp3) is 0.654. The van der Waals surface area contributed by atoms with Crippen LogP contribution in [0.2, 0.25) is 0 Å². The van der Waals surface area contributed by atoms with Crippen molar-refractivity contribution in [3.05, 3.63) is 35.5 Å². The molecule has 0 unspecified atom stereocenters. The van der Waals surface area contributed by atoms with Gasteiger partial charge in [-0.1, -0.05) is 38.2 Å². The number of fused-ring (bicyclic) bond motifs is 3. The van der Waals surface area contributed by atoms with E-state index in [0.29, 0.717) is 12.8 Å². The largest absolute Gasteiger partial charge is 0.481 e. The molecule has 7 nitrogen and oxygen atoms in total. The maximum Gasteiger partial charge on any atom is 0.307 e. The Morgan fingerprint density at radius 3 is 2.52 bits per heavy atom. The van der Waals surface area contributed by atoms with E-state index >= 15 is 0 Å². The molecule has 4 aliphatic carbocycles. The molecule has 5 rings (SSSR count). The number of Topliss-reactive ketones (excluding diaryl/α,β-unsaturated/α-hetero) is 1. The average Bonchev–Trinajstić information content (AvgIpc) is 3.41. The molecule has 0 aromatic rings. The van der Waals surface area contributed by atoms with Crippen LogP contribution in [0.15, 0.2) is 35.5 Å². The molecule has 1 heterocycles. The van der Waals surface area contributed by atoms with E-state index in [0.717, 1.165) is 17.6 Å². The third-order valence-electron chi connectivity index (χ3n) is 9.74. The minimum Gasteiger partial charge on any atom is -0.481 e. The Bertz CT molecular complexity index is 1040. The first-order valence-corrected chi connectivity index (χ1v) is 11.9. The summed E-state index contributed by atoms with van der Waals surface area (Å²) in [6.07, 6.45) is 9.58. The van der Waals surface area contributed by atoms with Crippen molar-refractivity contribution in [3.8, 4) is 0 Å². The van der Waals surface area contributed by atoms with Gasteiger partial charge in [0.1, 0.15) is 11.2 Å². The molecule has 1 saturated heterocycles. The number of hydrogen-bond donors (Lipinski definition) is 3. The van der Waals surface area contributed by atoms with Gasteiger partial charge in [0.25, 0.3) is 0 Å². The van der Waals surface area contributed by atoms with Crippen LogP contribution in [0.3, 0.4) is 0 Å². The molecule has 0 bridgehead atoms. The van der Waals surface area contributed by atoms with E-state index < -0.39 is 28.6 Å². The van der Waals surface area contributed by atoms with E-state index in [9.17, 15) is 24.6 Å². The maximum absolute atomic E-state index is 13.2. The number of allylic oxidation sites excluding steroid dienone is 3. The lowest BCUT2D eigenvalue weighted by atomic mass is 9.47. The summed E-state index contributed by atoms with van der Waals surface area (Å²) in [6, 6.07) is 0. The molecule has 178 valence electrons. The normalized spacial score (nSPS) is 46.8. The van der Waals surface area contributed by atoms with Gasteiger partial charge in [-0.3, -0.25) is 14.4 Å². The summed E-state index contributed by atoms with van der Waals surface area (Å²) in [7, 11) is 0. The molecule has 0 amide bonds. The van der Waals surface area contributed by atoms with E-state index in [-0.39, 0.29) is 54.3 Å². The lowest BCUT2D eigenvalue weighted by Gasteiger charge is -2.54. The van der Waals surface area contributed by atoms with Gasteiger partial charge in [-0.15, -0.1) is 0 Å². The molecule has 2 saturated carbocycles. The molecule has 0 aromatic carbocycles. The van der Waals surface area contributed by atoms with Gasteiger partial charge in [0, 0.05) is 17.3 Å². The maximum atomic E-state index is 13.2. The monoisotopic (exact) mass is 456 g/mol. The molecule has 3 fully saturated rings. The van der Waals surface area contributed by atoms with Crippen molar-refractivity contribution < 1.29 is 34.4 Å². The summed E-state index contributed by atoms with van der Waals surface area (Å²) < 4.78 is 6.51. The van der Waals surface area contributed by atoms with Crippen molar-refractivity contribution >= 4 is 17.7 Å². The zero-order chi connectivity index (χ0) is 24.0. The molecular formula is C26H32O7. The minimum atomic E-state index is -1.56. The molecule has 1 aliphatic heterocycles. The highest BCUT2D eigenvalue weighted by Gasteiger charge is 2.81. The number of ketones is 1. The molecule has 8 atom stereocenters. The Hall–Kier alpha value is -2.25. The van der Waals surface area contributed by atoms with Crippen LogP contribution in [0, 0.1) is 28.6 Å². The van der Waals surface area contributed by atoms with Crippen molar-refractivity contribution in [2.24, 2.45) is 28.6 Å². The number of aliphatic carboxylic acids is 2. The minimum absolute atomic E-state index is 0.0195. The third-order valence-corrected chi connectivity index (χ3v) is 9.74. The first-order chi connectivity index (χ1) is 15.4. The van der Waals surface area contributed by atoms with E-state index in [1.165, 1.54) is 0 Å². The fourth-order valence-corrected chi connectivity index (χ4v) is 8.10. The van der Waals surface area contributed by atoms with Crippen molar-refractivity contribution in [1.82, 2.24) is 0 Å². The topological polar surface area (TPSA) is 124 Å². The van der Waals surface area contributed by atoms with Gasteiger partial charge >= 0.3 is 11.9 Å². The van der Waals surface area contributed by atoms with E-state index in [2.05, 4.69) is 19.1 Å². The summed E-state index contributed by atoms with van der Waals surface area (Å²) in [5.41, 5.74) is -1.19. The molecule has 5 aliphatic rings. The average molecular weight is 457 g/mol. The second-order valence-electron chi connectivity index (χ2n) is 11.2. The van der Waals surface area contributed by atoms with E-state index in [4.69, 9.17) is 9.84 Å². The lowest BCUT2D eigenvalue weighted by molar-refractivity contribution is -0.163. The van der Waals surface area contributed by atoms with Crippen LogP contribution in [-0.2, 0) is 19.1 Å². The van der Waals surface area contributed by atoms with Crippen molar-refractivity contribution in [2.75, 3.05) is 0 Å². The first-order valence-electron chi connectivity index (χ1n) is 11.9. The smallest absolute Gasteiger partial charge is 0.307 e. The quantitative estimate of drug-likeness (QED) is 0.524. The predicted octanol–water partition coefficient (Wildman–Crippen LogP) is 3.28. The molecule has 0 radical (unpaired) electrons. The number of rotatable bonds is 6. The van der Waals surface area contributed by atoms with Crippen molar-refractivity contribution in [2.45, 2.75) is 76.6 Å². The summed E-state index contributed by atoms with van der Waals surface area (Å²) >= 11 is 0. The van der Waals surface area contributed by atoms with Crippen molar-refractivity contribution in [1.29, 1.82) is 0 Å². The van der Waals surface area contributed by atoms with Gasteiger partial charge in [0.2, 0.25) is 0 Å². The number of carbonyl (C=O) groups is 3. The van der Waals surface area contributed by atoms with Crippen LogP contribution in [0.4, 0.5) is 0 Å². The number of carboxylic acids is 2. The van der Waals surface area contributed by atoms with Gasteiger partial charge < -0.3 is 20.1 Å². The fourth-order valence-electron chi connectivity index (χ4n) is 8.10. The van der Waals surface area contributed by atoms with Crippen LogP contribution in [-0.4, -0.2) is 50.3 Å². The van der Waals surface area contributed by atoms with E-state index in [1.807, 2.05) is 26.0 Å². The number of carbonyl (C=O) groups excluding carboxylic acids is 1. The Kier molecular flexibility index (Phi) is 4.70. The summed E-state index contributed by atoms with van der Waals surface area (Å²) in [5.74, 6) is -2.33. The highest BCUT2D eigenvalue weighted by atomic mass is 16.6. The second-order valence-corrected chi connectivity index (χ2v) is 11.2. The van der Waals surface area contributed by atoms with Crippen molar-refractivity contribution in [3.63, 3.8) is 0 Å². The molecule has 0 aromatic heterocycles. The van der Waals surface area contributed by atoms with Crippen LogP contribution in [0.5, 0.6) is 0 Å². The van der Waals surface area contributed by atoms with E-state index in [1.54, 1.807) is 0 Å². The van der Waals surface area contributed by atoms with Gasteiger partial charge in [0.15, 0.2) is 5.78 Å². The molecular weight excluding hydrogens is 424 g/mol. The zero-order valence-corrected chi connectivity index (χ0v) is 19.3. The van der Waals surface area contributed by atoms with Gasteiger partial charge in [-0.2, -0.15) is 0 Å². The number of epoxide rings is 1. The number of hydrogen-bond acceptors (Lipinski definition) is 5. The van der Waals surface area contributed by atoms with Crippen LogP contribution in [0.25, 0.3) is 0 Å². The first kappa shape index (κ1) is 22.5. The summed E-state index contributed by atoms with van der Waals surface area (Å²) in [6.45, 7) is 6.06. The Balaban J connectivity index is 1.50. The summed E-state index contributed by atoms with van der Waals surface area (Å²) in [5, 5.41) is 30.1. The summed E-state index contributed by atoms with van der Waals surface area (Å²) in [4.78, 5) is 35.5. The Morgan fingerprint density at radius 1 is 1.12 bits per heavy atom.